The number of thioether (sulfide) groups is 1. The Hall–Kier alpha value is -3.07. The second-order valence-electron chi connectivity index (χ2n) is 7.98. The highest BCUT2D eigenvalue weighted by atomic mass is 32.2. The molecule has 0 saturated carbocycles. The van der Waals surface area contributed by atoms with E-state index in [0.717, 1.165) is 34.6 Å². The first-order chi connectivity index (χ1) is 17.5. The van der Waals surface area contributed by atoms with Crippen molar-refractivity contribution in [2.75, 3.05) is 28.4 Å². The lowest BCUT2D eigenvalue weighted by atomic mass is 10.0. The molecule has 8 heteroatoms. The molecule has 0 bridgehead atoms. The van der Waals surface area contributed by atoms with E-state index >= 15 is 0 Å². The minimum atomic E-state index is -0.113. The molecule has 1 saturated heterocycles. The van der Waals surface area contributed by atoms with Crippen molar-refractivity contribution in [2.45, 2.75) is 42.3 Å². The maximum atomic E-state index is 9.50. The van der Waals surface area contributed by atoms with E-state index in [-0.39, 0.29) is 23.4 Å². The number of hydrogen-bond acceptors (Lipinski definition) is 8. The van der Waals surface area contributed by atoms with Gasteiger partial charge in [-0.15, -0.1) is 0 Å². The Morgan fingerprint density at radius 3 is 2.08 bits per heavy atom. The van der Waals surface area contributed by atoms with E-state index in [2.05, 4.69) is 11.8 Å². The first kappa shape index (κ1) is 27.5. The van der Waals surface area contributed by atoms with Gasteiger partial charge in [0.1, 0.15) is 16.9 Å². The highest BCUT2D eigenvalue weighted by Crippen LogP contribution is 2.47. The summed E-state index contributed by atoms with van der Waals surface area (Å²) in [5, 5.41) is 9.50. The minimum Gasteiger partial charge on any atom is -0.508 e. The minimum absolute atomic E-state index is 0.0776. The van der Waals surface area contributed by atoms with Crippen LogP contribution < -0.4 is 24.7 Å². The van der Waals surface area contributed by atoms with Crippen molar-refractivity contribution in [3.05, 3.63) is 71.8 Å². The first-order valence-electron chi connectivity index (χ1n) is 11.8. The van der Waals surface area contributed by atoms with Gasteiger partial charge in [-0.1, -0.05) is 30.0 Å². The molecule has 0 radical (unpaired) electrons. The summed E-state index contributed by atoms with van der Waals surface area (Å²) >= 11 is 1.59. The van der Waals surface area contributed by atoms with Crippen LogP contribution in [0.2, 0.25) is 0 Å². The lowest BCUT2D eigenvalue weighted by Crippen LogP contribution is -2.10. The third-order valence-corrected chi connectivity index (χ3v) is 6.75. The Morgan fingerprint density at radius 2 is 1.47 bits per heavy atom. The number of aromatic hydroxyl groups is 1. The summed E-state index contributed by atoms with van der Waals surface area (Å²) in [6.07, 6.45) is 1.58. The summed E-state index contributed by atoms with van der Waals surface area (Å²) in [4.78, 5) is 1.03. The van der Waals surface area contributed by atoms with E-state index in [0.29, 0.717) is 17.2 Å². The Bertz CT molecular complexity index is 1080. The van der Waals surface area contributed by atoms with Crippen molar-refractivity contribution in [1.29, 1.82) is 0 Å². The standard InChI is InChI=1S/C27H30O6S.CH5N/c1-17(34-20-11-9-19(28)10-12-20)32-23-8-6-5-7-21(23)24-14-13-22(33-24)18-15-25(29-2)27(31-4)26(16-18)30-3;1-2/h5-12,15-17,22,24,28H,13-14H2,1-4H3;2H2,1H3. The molecule has 194 valence electrons. The maximum absolute atomic E-state index is 9.50. The SMILES string of the molecule is CN.COc1cc(C2CCC(c3ccccc3OC(C)Sc3ccc(O)cc3)O2)cc(OC)c1OC. The number of rotatable bonds is 9. The van der Waals surface area contributed by atoms with Crippen molar-refractivity contribution in [1.82, 2.24) is 0 Å². The van der Waals surface area contributed by atoms with Gasteiger partial charge in [-0.2, -0.15) is 0 Å². The predicted molar refractivity (Wildman–Crippen MR) is 143 cm³/mol. The van der Waals surface area contributed by atoms with Crippen LogP contribution in [0.1, 0.15) is 43.1 Å². The van der Waals surface area contributed by atoms with Crippen molar-refractivity contribution >= 4 is 11.8 Å². The van der Waals surface area contributed by atoms with Gasteiger partial charge >= 0.3 is 0 Å². The Kier molecular flexibility index (Phi) is 10.2. The zero-order valence-electron chi connectivity index (χ0n) is 21.4. The summed E-state index contributed by atoms with van der Waals surface area (Å²) in [6.45, 7) is 2.02. The lowest BCUT2D eigenvalue weighted by Gasteiger charge is -2.21. The molecule has 1 heterocycles. The molecule has 3 aromatic rings. The van der Waals surface area contributed by atoms with Gasteiger partial charge in [-0.3, -0.25) is 0 Å². The molecule has 0 amide bonds. The number of phenols is 1. The molecule has 4 rings (SSSR count). The van der Waals surface area contributed by atoms with E-state index < -0.39 is 0 Å². The van der Waals surface area contributed by atoms with E-state index in [1.807, 2.05) is 49.4 Å². The van der Waals surface area contributed by atoms with Crippen LogP contribution in [0.4, 0.5) is 0 Å². The average Bonchev–Trinajstić information content (AvgIpc) is 3.40. The monoisotopic (exact) mass is 513 g/mol. The third-order valence-electron chi connectivity index (χ3n) is 5.78. The molecule has 1 fully saturated rings. The second kappa shape index (κ2) is 13.3. The number of benzene rings is 3. The number of para-hydroxylation sites is 1. The molecule has 3 unspecified atom stereocenters. The zero-order valence-corrected chi connectivity index (χ0v) is 22.2. The Balaban J connectivity index is 0.00000176. The van der Waals surface area contributed by atoms with Crippen LogP contribution in [0, 0.1) is 0 Å². The molecule has 0 aliphatic carbocycles. The smallest absolute Gasteiger partial charge is 0.203 e. The molecule has 0 spiro atoms. The molecule has 1 aliphatic heterocycles. The fraction of sp³-hybridized carbons (Fsp3) is 0.357. The summed E-state index contributed by atoms with van der Waals surface area (Å²) in [5.41, 5.74) is 6.42. The van der Waals surface area contributed by atoms with E-state index in [9.17, 15) is 5.11 Å². The second-order valence-corrected chi connectivity index (χ2v) is 9.36. The van der Waals surface area contributed by atoms with Gasteiger partial charge in [0, 0.05) is 10.5 Å². The Labute approximate surface area is 217 Å². The predicted octanol–water partition coefficient (Wildman–Crippen LogP) is 6.10. The topological polar surface area (TPSA) is 92.4 Å². The highest BCUT2D eigenvalue weighted by molar-refractivity contribution is 7.99. The molecule has 3 atom stereocenters. The molecule has 0 aromatic heterocycles. The summed E-state index contributed by atoms with van der Waals surface area (Å²) in [5.74, 6) is 2.88. The van der Waals surface area contributed by atoms with Gasteiger partial charge in [0.15, 0.2) is 11.5 Å². The van der Waals surface area contributed by atoms with E-state index in [1.165, 1.54) is 7.05 Å². The van der Waals surface area contributed by atoms with Crippen LogP contribution in [0.25, 0.3) is 0 Å². The largest absolute Gasteiger partial charge is 0.508 e. The zero-order chi connectivity index (χ0) is 26.1. The molecular weight excluding hydrogens is 478 g/mol. The maximum Gasteiger partial charge on any atom is 0.203 e. The van der Waals surface area contributed by atoms with Gasteiger partial charge in [0.05, 0.1) is 33.5 Å². The average molecular weight is 514 g/mol. The summed E-state index contributed by atoms with van der Waals surface area (Å²) < 4.78 is 29.3. The van der Waals surface area contributed by atoms with Gasteiger partial charge < -0.3 is 34.5 Å². The third kappa shape index (κ3) is 6.57. The number of phenolic OH excluding ortho intramolecular Hbond substituents is 1. The van der Waals surface area contributed by atoms with Crippen molar-refractivity contribution in [2.24, 2.45) is 5.73 Å². The van der Waals surface area contributed by atoms with Gasteiger partial charge in [-0.25, -0.2) is 0 Å². The summed E-state index contributed by atoms with van der Waals surface area (Å²) in [7, 11) is 6.33. The van der Waals surface area contributed by atoms with Crippen LogP contribution in [0.3, 0.4) is 0 Å². The quantitative estimate of drug-likeness (QED) is 0.262. The molecule has 1 aliphatic rings. The van der Waals surface area contributed by atoms with Gasteiger partial charge in [0.2, 0.25) is 5.75 Å². The molecule has 3 aromatic carbocycles. The van der Waals surface area contributed by atoms with Crippen molar-refractivity contribution in [3.63, 3.8) is 0 Å². The van der Waals surface area contributed by atoms with Crippen LogP contribution in [0.15, 0.2) is 65.6 Å². The summed E-state index contributed by atoms with van der Waals surface area (Å²) in [6, 6.07) is 19.1. The van der Waals surface area contributed by atoms with Crippen molar-refractivity contribution < 1.29 is 28.8 Å². The van der Waals surface area contributed by atoms with Gasteiger partial charge in [-0.05, 0) is 74.8 Å². The number of methoxy groups -OCH3 is 3. The molecule has 3 N–H and O–H groups in total. The Morgan fingerprint density at radius 1 is 0.861 bits per heavy atom. The number of ether oxygens (including phenoxy) is 5. The van der Waals surface area contributed by atoms with Crippen LogP contribution >= 0.6 is 11.8 Å². The lowest BCUT2D eigenvalue weighted by molar-refractivity contribution is 0.0420. The molecule has 36 heavy (non-hydrogen) atoms. The fourth-order valence-corrected chi connectivity index (χ4v) is 5.00. The normalized spacial score (nSPS) is 17.5. The van der Waals surface area contributed by atoms with Crippen molar-refractivity contribution in [3.8, 4) is 28.7 Å². The molecule has 7 nitrogen and oxygen atoms in total. The number of nitrogens with two attached hydrogens (primary N) is 1. The fourth-order valence-electron chi connectivity index (χ4n) is 4.17. The van der Waals surface area contributed by atoms with Crippen LogP contribution in [-0.2, 0) is 4.74 Å². The van der Waals surface area contributed by atoms with Crippen LogP contribution in [-0.4, -0.2) is 38.9 Å². The molecular formula is C28H35NO6S. The number of hydrogen-bond donors (Lipinski definition) is 2. The first-order valence-corrected chi connectivity index (χ1v) is 12.6. The van der Waals surface area contributed by atoms with E-state index in [1.54, 1.807) is 45.2 Å². The van der Waals surface area contributed by atoms with Crippen LogP contribution in [0.5, 0.6) is 28.7 Å². The van der Waals surface area contributed by atoms with Gasteiger partial charge in [0.25, 0.3) is 0 Å². The van der Waals surface area contributed by atoms with E-state index in [4.69, 9.17) is 23.7 Å². The highest BCUT2D eigenvalue weighted by Gasteiger charge is 2.31.